The van der Waals surface area contributed by atoms with Gasteiger partial charge in [0, 0.05) is 13.1 Å². The molecule has 1 aliphatic heterocycles. The summed E-state index contributed by atoms with van der Waals surface area (Å²) >= 11 is 0. The predicted molar refractivity (Wildman–Crippen MR) is 112 cm³/mol. The van der Waals surface area contributed by atoms with Gasteiger partial charge < -0.3 is 9.84 Å². The highest BCUT2D eigenvalue weighted by Gasteiger charge is 2.46. The Morgan fingerprint density at radius 3 is 2.14 bits per heavy atom. The molecular formula is C25H25NO3. The Morgan fingerprint density at radius 2 is 1.48 bits per heavy atom. The summed E-state index contributed by atoms with van der Waals surface area (Å²) in [6.07, 6.45) is -0.0954. The molecule has 0 aliphatic carbocycles. The van der Waals surface area contributed by atoms with Gasteiger partial charge in [-0.2, -0.15) is 0 Å². The molecule has 1 N–H and O–H groups in total. The number of hydrogen-bond acceptors (Lipinski definition) is 4. The summed E-state index contributed by atoms with van der Waals surface area (Å²) in [6.45, 7) is 1.49. The molecule has 2 unspecified atom stereocenters. The lowest BCUT2D eigenvalue weighted by Crippen LogP contribution is -2.48. The van der Waals surface area contributed by atoms with Gasteiger partial charge in [0.25, 0.3) is 0 Å². The molecule has 1 fully saturated rings. The van der Waals surface area contributed by atoms with E-state index in [2.05, 4.69) is 17.0 Å². The van der Waals surface area contributed by atoms with Crippen LogP contribution < -0.4 is 0 Å². The van der Waals surface area contributed by atoms with Crippen molar-refractivity contribution in [3.8, 4) is 0 Å². The van der Waals surface area contributed by atoms with Crippen LogP contribution in [0, 0.1) is 0 Å². The third kappa shape index (κ3) is 4.24. The number of carbonyl (C=O) groups excluding carboxylic acids is 1. The van der Waals surface area contributed by atoms with Crippen LogP contribution in [0.3, 0.4) is 0 Å². The average molecular weight is 387 g/mol. The lowest BCUT2D eigenvalue weighted by atomic mass is 9.78. The first-order chi connectivity index (χ1) is 14.2. The van der Waals surface area contributed by atoms with Gasteiger partial charge in [-0.1, -0.05) is 91.0 Å². The Kier molecular flexibility index (Phi) is 5.74. The van der Waals surface area contributed by atoms with Crippen LogP contribution in [0.5, 0.6) is 0 Å². The van der Waals surface area contributed by atoms with E-state index < -0.39 is 5.60 Å². The number of hydrogen-bond donors (Lipinski definition) is 1. The lowest BCUT2D eigenvalue weighted by Gasteiger charge is -2.44. The minimum atomic E-state index is -1.41. The predicted octanol–water partition coefficient (Wildman–Crippen LogP) is 4.06. The molecule has 4 rings (SSSR count). The molecule has 148 valence electrons. The van der Waals surface area contributed by atoms with Crippen molar-refractivity contribution in [3.63, 3.8) is 0 Å². The molecule has 0 saturated carbocycles. The second-order valence-corrected chi connectivity index (χ2v) is 7.46. The number of esters is 1. The number of aliphatic hydroxyl groups is 1. The molecule has 1 saturated heterocycles. The molecule has 0 bridgehead atoms. The topological polar surface area (TPSA) is 49.8 Å². The van der Waals surface area contributed by atoms with E-state index in [9.17, 15) is 9.90 Å². The quantitative estimate of drug-likeness (QED) is 0.686. The lowest BCUT2D eigenvalue weighted by molar-refractivity contribution is -0.161. The van der Waals surface area contributed by atoms with Crippen LogP contribution in [0.15, 0.2) is 91.0 Å². The zero-order valence-corrected chi connectivity index (χ0v) is 16.3. The third-order valence-corrected chi connectivity index (χ3v) is 5.49. The van der Waals surface area contributed by atoms with Gasteiger partial charge in [0.2, 0.25) is 0 Å². The number of nitrogens with zero attached hydrogens (tertiary/aromatic N) is 1. The molecule has 0 spiro atoms. The number of ether oxygens (including phenoxy) is 1. The molecule has 2 atom stereocenters. The van der Waals surface area contributed by atoms with Crippen molar-refractivity contribution in [3.05, 3.63) is 108 Å². The molecule has 4 nitrogen and oxygen atoms in total. The van der Waals surface area contributed by atoms with Crippen molar-refractivity contribution in [1.82, 2.24) is 4.90 Å². The number of benzene rings is 3. The van der Waals surface area contributed by atoms with Gasteiger partial charge >= 0.3 is 5.97 Å². The van der Waals surface area contributed by atoms with Crippen LogP contribution in [0.1, 0.15) is 29.2 Å². The highest BCUT2D eigenvalue weighted by molar-refractivity contribution is 5.71. The highest BCUT2D eigenvalue weighted by atomic mass is 16.5. The smallest absolute Gasteiger partial charge is 0.309 e. The van der Waals surface area contributed by atoms with E-state index in [0.29, 0.717) is 25.3 Å². The Balaban J connectivity index is 1.83. The first-order valence-corrected chi connectivity index (χ1v) is 9.93. The van der Waals surface area contributed by atoms with Crippen LogP contribution in [-0.4, -0.2) is 29.1 Å². The summed E-state index contributed by atoms with van der Waals surface area (Å²) in [5, 5.41) is 12.0. The van der Waals surface area contributed by atoms with Gasteiger partial charge in [0.15, 0.2) is 0 Å². The summed E-state index contributed by atoms with van der Waals surface area (Å²) in [4.78, 5) is 14.7. The second kappa shape index (κ2) is 8.60. The third-order valence-electron chi connectivity index (χ3n) is 5.49. The summed E-state index contributed by atoms with van der Waals surface area (Å²) in [5.41, 5.74) is 1.43. The maximum atomic E-state index is 12.5. The van der Waals surface area contributed by atoms with E-state index in [0.717, 1.165) is 11.1 Å². The Hall–Kier alpha value is -2.95. The average Bonchev–Trinajstić information content (AvgIpc) is 2.75. The normalized spacial score (nSPS) is 23.1. The van der Waals surface area contributed by atoms with Crippen LogP contribution in [0.25, 0.3) is 0 Å². The van der Waals surface area contributed by atoms with Crippen LogP contribution in [-0.2, 0) is 21.7 Å². The zero-order valence-electron chi connectivity index (χ0n) is 16.3. The molecule has 1 aliphatic rings. The molecule has 1 heterocycles. The molecule has 3 aromatic carbocycles. The molecule has 0 amide bonds. The van der Waals surface area contributed by atoms with Gasteiger partial charge in [-0.15, -0.1) is 0 Å². The van der Waals surface area contributed by atoms with Crippen molar-refractivity contribution < 1.29 is 14.6 Å². The van der Waals surface area contributed by atoms with Crippen LogP contribution in [0.4, 0.5) is 0 Å². The van der Waals surface area contributed by atoms with E-state index in [1.165, 1.54) is 0 Å². The van der Waals surface area contributed by atoms with E-state index in [1.807, 2.05) is 78.9 Å². The standard InChI is InChI=1S/C25H25NO3/c27-23-18-25(28,22-14-8-3-9-15-22)24(21-12-6-2-7-13-21)26(16-17-29-23)19-20-10-4-1-5-11-20/h1-15,24,28H,16-19H2. The SMILES string of the molecule is O=C1CC(O)(c2ccccc2)C(c2ccccc2)N(Cc2ccccc2)CCO1. The second-order valence-electron chi connectivity index (χ2n) is 7.46. The number of cyclic esters (lactones) is 1. The largest absolute Gasteiger partial charge is 0.464 e. The zero-order chi connectivity index (χ0) is 20.1. The van der Waals surface area contributed by atoms with Crippen molar-refractivity contribution >= 4 is 5.97 Å². The fraction of sp³-hybridized carbons (Fsp3) is 0.240. The van der Waals surface area contributed by atoms with Crippen molar-refractivity contribution in [2.75, 3.05) is 13.2 Å². The van der Waals surface area contributed by atoms with E-state index in [4.69, 9.17) is 4.74 Å². The van der Waals surface area contributed by atoms with Gasteiger partial charge in [0.05, 0.1) is 12.5 Å². The van der Waals surface area contributed by atoms with Crippen molar-refractivity contribution in [1.29, 1.82) is 0 Å². The Labute approximate surface area is 171 Å². The van der Waals surface area contributed by atoms with Crippen molar-refractivity contribution in [2.24, 2.45) is 0 Å². The van der Waals surface area contributed by atoms with Crippen molar-refractivity contribution in [2.45, 2.75) is 24.6 Å². The fourth-order valence-corrected chi connectivity index (χ4v) is 4.17. The van der Waals surface area contributed by atoms with E-state index >= 15 is 0 Å². The molecule has 0 radical (unpaired) electrons. The minimum Gasteiger partial charge on any atom is -0.464 e. The first kappa shape index (κ1) is 19.4. The van der Waals surface area contributed by atoms with Gasteiger partial charge in [-0.25, -0.2) is 0 Å². The Morgan fingerprint density at radius 1 is 0.897 bits per heavy atom. The fourth-order valence-electron chi connectivity index (χ4n) is 4.17. The minimum absolute atomic E-state index is 0.0954. The maximum Gasteiger partial charge on any atom is 0.309 e. The monoisotopic (exact) mass is 387 g/mol. The number of carbonyl (C=O) groups is 1. The van der Waals surface area contributed by atoms with E-state index in [1.54, 1.807) is 0 Å². The molecule has 4 heteroatoms. The van der Waals surface area contributed by atoms with Gasteiger partial charge in [0.1, 0.15) is 12.2 Å². The number of rotatable bonds is 4. The summed E-state index contributed by atoms with van der Waals surface area (Å²) in [7, 11) is 0. The molecule has 0 aromatic heterocycles. The summed E-state index contributed by atoms with van der Waals surface area (Å²) in [5.74, 6) is -0.378. The molecule has 29 heavy (non-hydrogen) atoms. The van der Waals surface area contributed by atoms with E-state index in [-0.39, 0.29) is 18.4 Å². The van der Waals surface area contributed by atoms with Gasteiger partial charge in [-0.3, -0.25) is 9.69 Å². The van der Waals surface area contributed by atoms with Crippen LogP contribution in [0.2, 0.25) is 0 Å². The molecular weight excluding hydrogens is 362 g/mol. The maximum absolute atomic E-state index is 12.5. The molecule has 3 aromatic rings. The highest BCUT2D eigenvalue weighted by Crippen LogP contribution is 2.43. The first-order valence-electron chi connectivity index (χ1n) is 9.93. The van der Waals surface area contributed by atoms with Gasteiger partial charge in [-0.05, 0) is 16.7 Å². The summed E-state index contributed by atoms with van der Waals surface area (Å²) < 4.78 is 5.41. The summed E-state index contributed by atoms with van der Waals surface area (Å²) in [6, 6.07) is 29.2. The van der Waals surface area contributed by atoms with Crippen LogP contribution >= 0.6 is 0 Å². The Bertz CT molecular complexity index is 930.